The van der Waals surface area contributed by atoms with E-state index in [-0.39, 0.29) is 5.95 Å². The highest BCUT2D eigenvalue weighted by molar-refractivity contribution is 7.88. The number of benzene rings is 1. The summed E-state index contributed by atoms with van der Waals surface area (Å²) in [6.45, 7) is 5.51. The Hall–Kier alpha value is -2.84. The number of methoxy groups -OCH3 is 1. The third kappa shape index (κ3) is 6.67. The van der Waals surface area contributed by atoms with Crippen LogP contribution in [0.5, 0.6) is 5.75 Å². The van der Waals surface area contributed by atoms with E-state index in [2.05, 4.69) is 30.8 Å². The van der Waals surface area contributed by atoms with Gasteiger partial charge in [-0.15, -0.1) is 0 Å². The molecular formula is C25H36F3N7O3S. The van der Waals surface area contributed by atoms with Gasteiger partial charge in [0.25, 0.3) is 0 Å². The van der Waals surface area contributed by atoms with Crippen molar-refractivity contribution in [3.05, 3.63) is 29.5 Å². The van der Waals surface area contributed by atoms with E-state index in [1.807, 2.05) is 19.1 Å². The van der Waals surface area contributed by atoms with E-state index in [1.165, 1.54) is 18.5 Å². The highest BCUT2D eigenvalue weighted by Gasteiger charge is 2.39. The number of likely N-dealkylation sites (N-methyl/N-ethyl adjacent to an activating group) is 1. The van der Waals surface area contributed by atoms with Crippen LogP contribution in [0.4, 0.5) is 36.3 Å². The first-order chi connectivity index (χ1) is 18.4. The van der Waals surface area contributed by atoms with Gasteiger partial charge in [-0.1, -0.05) is 6.92 Å². The van der Waals surface area contributed by atoms with E-state index in [9.17, 15) is 21.6 Å². The minimum Gasteiger partial charge on any atom is -0.494 e. The van der Waals surface area contributed by atoms with E-state index in [4.69, 9.17) is 4.74 Å². The molecule has 0 spiro atoms. The van der Waals surface area contributed by atoms with Crippen molar-refractivity contribution in [2.24, 2.45) is 0 Å². The van der Waals surface area contributed by atoms with Crippen LogP contribution in [0, 0.1) is 0 Å². The predicted octanol–water partition coefficient (Wildman–Crippen LogP) is 3.44. The summed E-state index contributed by atoms with van der Waals surface area (Å²) >= 11 is 0. The smallest absolute Gasteiger partial charge is 0.421 e. The quantitative estimate of drug-likeness (QED) is 0.417. The van der Waals surface area contributed by atoms with E-state index in [0.717, 1.165) is 56.3 Å². The first kappa shape index (κ1) is 29.2. The zero-order valence-electron chi connectivity index (χ0n) is 22.6. The summed E-state index contributed by atoms with van der Waals surface area (Å²) < 4.78 is 72.7. The average molecular weight is 572 g/mol. The number of nitrogens with one attached hydrogen (secondary N) is 3. The second-order valence-electron chi connectivity index (χ2n) is 9.88. The molecule has 2 aromatic rings. The molecule has 1 aromatic heterocycles. The Labute approximate surface area is 227 Å². The lowest BCUT2D eigenvalue weighted by atomic mass is 10.1. The molecule has 1 aliphatic carbocycles. The highest BCUT2D eigenvalue weighted by atomic mass is 32.2. The van der Waals surface area contributed by atoms with Gasteiger partial charge < -0.3 is 25.6 Å². The molecule has 0 radical (unpaired) electrons. The third-order valence-electron chi connectivity index (χ3n) is 7.37. The number of alkyl halides is 3. The summed E-state index contributed by atoms with van der Waals surface area (Å²) in [4.78, 5) is 10.4. The molecular weight excluding hydrogens is 535 g/mol. The molecule has 0 amide bonds. The highest BCUT2D eigenvalue weighted by Crippen LogP contribution is 2.38. The maximum atomic E-state index is 13.9. The molecule has 2 heterocycles. The molecule has 2 fully saturated rings. The van der Waals surface area contributed by atoms with Crippen LogP contribution in [0.25, 0.3) is 0 Å². The Kier molecular flexibility index (Phi) is 8.76. The fourth-order valence-electron chi connectivity index (χ4n) is 5.21. The molecule has 10 nitrogen and oxygen atoms in total. The number of piperazine rings is 1. The lowest BCUT2D eigenvalue weighted by Gasteiger charge is -2.32. The Morgan fingerprint density at radius 3 is 2.56 bits per heavy atom. The number of rotatable bonds is 9. The van der Waals surface area contributed by atoms with Crippen LogP contribution in [0.1, 0.15) is 37.3 Å². The maximum absolute atomic E-state index is 13.9. The van der Waals surface area contributed by atoms with Crippen LogP contribution in [0.15, 0.2) is 18.3 Å². The maximum Gasteiger partial charge on any atom is 0.421 e. The molecule has 39 heavy (non-hydrogen) atoms. The third-order valence-corrected chi connectivity index (χ3v) is 8.69. The van der Waals surface area contributed by atoms with Gasteiger partial charge in [0.05, 0.1) is 19.1 Å². The Balaban J connectivity index is 1.66. The molecule has 216 valence electrons. The first-order valence-electron chi connectivity index (χ1n) is 13.0. The second kappa shape index (κ2) is 11.7. The van der Waals surface area contributed by atoms with Gasteiger partial charge in [0, 0.05) is 63.3 Å². The first-order valence-corrected chi connectivity index (χ1v) is 14.8. The number of hydrogen-bond donors (Lipinski definition) is 3. The SMILES string of the molecule is CCc1cc(Nc2ncc(C(F)(F)F)c(N[C@@H]3CCCC3N(C)S(C)(=O)=O)n2)c(OC)cc1N1CCNCC1. The number of anilines is 4. The van der Waals surface area contributed by atoms with Gasteiger partial charge in [-0.25, -0.2) is 17.7 Å². The molecule has 4 rings (SSSR count). The van der Waals surface area contributed by atoms with Crippen LogP contribution >= 0.6 is 0 Å². The summed E-state index contributed by atoms with van der Waals surface area (Å²) in [5.74, 6) is 0.0853. The van der Waals surface area contributed by atoms with Crippen molar-refractivity contribution in [3.63, 3.8) is 0 Å². The molecule has 1 unspecified atom stereocenters. The van der Waals surface area contributed by atoms with Gasteiger partial charge in [0.1, 0.15) is 17.1 Å². The molecule has 14 heteroatoms. The van der Waals surface area contributed by atoms with E-state index in [1.54, 1.807) is 0 Å². The molecule has 0 bridgehead atoms. The van der Waals surface area contributed by atoms with E-state index >= 15 is 0 Å². The van der Waals surface area contributed by atoms with E-state index < -0.39 is 39.7 Å². The summed E-state index contributed by atoms with van der Waals surface area (Å²) in [5.41, 5.74) is 1.63. The van der Waals surface area contributed by atoms with Crippen molar-refractivity contribution in [3.8, 4) is 5.75 Å². The molecule has 1 aromatic carbocycles. The van der Waals surface area contributed by atoms with Crippen molar-refractivity contribution < 1.29 is 26.3 Å². The summed E-state index contributed by atoms with van der Waals surface area (Å²) in [6.07, 6.45) is -0.405. The normalized spacial score (nSPS) is 20.4. The number of halogens is 3. The largest absolute Gasteiger partial charge is 0.494 e. The number of aryl methyl sites for hydroxylation is 1. The van der Waals surface area contributed by atoms with Crippen LogP contribution in [-0.4, -0.2) is 81.4 Å². The van der Waals surface area contributed by atoms with Crippen LogP contribution in [0.2, 0.25) is 0 Å². The van der Waals surface area contributed by atoms with Gasteiger partial charge >= 0.3 is 6.18 Å². The van der Waals surface area contributed by atoms with Crippen molar-refractivity contribution >= 4 is 33.2 Å². The average Bonchev–Trinajstić information content (AvgIpc) is 3.35. The second-order valence-corrected chi connectivity index (χ2v) is 11.9. The topological polar surface area (TPSA) is 112 Å². The van der Waals surface area contributed by atoms with Crippen LogP contribution in [-0.2, 0) is 22.6 Å². The molecule has 2 aliphatic rings. The Morgan fingerprint density at radius 2 is 1.95 bits per heavy atom. The Bertz CT molecular complexity index is 1270. The number of sulfonamides is 1. The number of hydrogen-bond acceptors (Lipinski definition) is 9. The summed E-state index contributed by atoms with van der Waals surface area (Å²) in [6, 6.07) is 2.82. The fraction of sp³-hybridized carbons (Fsp3) is 0.600. The van der Waals surface area contributed by atoms with Crippen LogP contribution < -0.4 is 25.6 Å². The van der Waals surface area contributed by atoms with Crippen molar-refractivity contribution in [2.45, 2.75) is 50.9 Å². The monoisotopic (exact) mass is 571 g/mol. The van der Waals surface area contributed by atoms with Gasteiger partial charge in [-0.3, -0.25) is 0 Å². The zero-order valence-corrected chi connectivity index (χ0v) is 23.4. The van der Waals surface area contributed by atoms with Gasteiger partial charge in [0.15, 0.2) is 0 Å². The van der Waals surface area contributed by atoms with Crippen LogP contribution in [0.3, 0.4) is 0 Å². The minimum absolute atomic E-state index is 0.0354. The zero-order chi connectivity index (χ0) is 28.4. The summed E-state index contributed by atoms with van der Waals surface area (Å²) in [5, 5.41) is 9.26. The molecule has 2 atom stereocenters. The summed E-state index contributed by atoms with van der Waals surface area (Å²) in [7, 11) is -0.542. The molecule has 1 saturated carbocycles. The minimum atomic E-state index is -4.70. The van der Waals surface area contributed by atoms with E-state index in [0.29, 0.717) is 30.7 Å². The van der Waals surface area contributed by atoms with Gasteiger partial charge in [-0.2, -0.15) is 18.2 Å². The Morgan fingerprint density at radius 1 is 1.23 bits per heavy atom. The number of nitrogens with zero attached hydrogens (tertiary/aromatic N) is 4. The predicted molar refractivity (Wildman–Crippen MR) is 145 cm³/mol. The molecule has 3 N–H and O–H groups in total. The number of ether oxygens (including phenoxy) is 1. The fourth-order valence-corrected chi connectivity index (χ4v) is 5.95. The molecule has 1 saturated heterocycles. The lowest BCUT2D eigenvalue weighted by Crippen LogP contribution is -2.44. The van der Waals surface area contributed by atoms with Crippen molar-refractivity contribution in [1.29, 1.82) is 0 Å². The van der Waals surface area contributed by atoms with Gasteiger partial charge in [-0.05, 0) is 37.3 Å². The lowest BCUT2D eigenvalue weighted by molar-refractivity contribution is -0.137. The van der Waals surface area contributed by atoms with Gasteiger partial charge in [0.2, 0.25) is 16.0 Å². The standard InChI is InChI=1S/C25H36F3N7O3S/c1-5-16-13-19(22(38-3)14-21(16)35-11-9-29-10-12-35)32-24-30-15-17(25(26,27)28)23(33-24)31-18-7-6-8-20(18)34(2)39(4,36)37/h13-15,18,20,29H,5-12H2,1-4H3,(H2,30,31,32,33)/t18-,20?/m1/s1. The van der Waals surface area contributed by atoms with Crippen molar-refractivity contribution in [2.75, 3.05) is 62.1 Å². The van der Waals surface area contributed by atoms with Crippen molar-refractivity contribution in [1.82, 2.24) is 19.6 Å². The molecule has 1 aliphatic heterocycles. The number of aromatic nitrogens is 2.